The van der Waals surface area contributed by atoms with Gasteiger partial charge in [0.15, 0.2) is 0 Å². The van der Waals surface area contributed by atoms with Gasteiger partial charge in [0.2, 0.25) is 11.8 Å². The molecular formula is C45H54ClF3N8O7. The molecule has 0 bridgehead atoms. The van der Waals surface area contributed by atoms with Crippen LogP contribution in [0.2, 0.25) is 5.02 Å². The van der Waals surface area contributed by atoms with Crippen molar-refractivity contribution in [2.24, 2.45) is 17.3 Å². The van der Waals surface area contributed by atoms with Crippen molar-refractivity contribution in [3.8, 4) is 28.1 Å². The monoisotopic (exact) mass is 910 g/mol. The molecule has 0 saturated carbocycles. The van der Waals surface area contributed by atoms with Crippen LogP contribution in [0.15, 0.2) is 60.9 Å². The van der Waals surface area contributed by atoms with Crippen LogP contribution >= 0.6 is 11.6 Å². The number of carbonyl (C=O) groups excluding carboxylic acids is 4. The largest absolute Gasteiger partial charge is 0.573 e. The molecule has 19 heteroatoms. The minimum atomic E-state index is -5.07. The second kappa shape index (κ2) is 19.5. The van der Waals surface area contributed by atoms with Crippen LogP contribution in [0.4, 0.5) is 29.5 Å². The maximum Gasteiger partial charge on any atom is 0.573 e. The Kier molecular flexibility index (Phi) is 14.5. The van der Waals surface area contributed by atoms with Gasteiger partial charge in [0, 0.05) is 61.8 Å². The van der Waals surface area contributed by atoms with E-state index in [0.29, 0.717) is 61.1 Å². The van der Waals surface area contributed by atoms with Gasteiger partial charge in [-0.05, 0) is 69.2 Å². The number of aliphatic hydroxyl groups excluding tert-OH is 1. The van der Waals surface area contributed by atoms with E-state index >= 15 is 0 Å². The molecule has 64 heavy (non-hydrogen) atoms. The lowest BCUT2D eigenvalue weighted by molar-refractivity contribution is -0.274. The van der Waals surface area contributed by atoms with Crippen molar-refractivity contribution < 1.29 is 46.9 Å². The fourth-order valence-electron chi connectivity index (χ4n) is 7.98. The van der Waals surface area contributed by atoms with Crippen molar-refractivity contribution in [3.05, 3.63) is 77.3 Å². The first-order chi connectivity index (χ1) is 30.2. The standard InChI is InChI=1S/C45H54ClF3N8O7/c1-25(2)38(54-43(62)63-7)41(60)57-22-26(3)8-14-35(57)39-51-21-34(52-39)29-11-9-28(10-12-29)31-18-32(46)33(19-36(31)64-45(47,48)49)53-40(59)30-13-15-37(50-20-30)56-17-16-55(23-27(56)4)42(61)44(5,6)24-58/h9-13,15,18-21,25-27,35,38,58H,8,14,16-17,22-24H2,1-7H3,(H,51,52)(H,53,59)(H,54,62)/t26-,27+,35-,38-/m0/s1. The van der Waals surface area contributed by atoms with E-state index in [1.165, 1.54) is 25.4 Å². The molecule has 2 aliphatic rings. The first-order valence-electron chi connectivity index (χ1n) is 21.0. The number of alkyl carbamates (subject to hydrolysis) is 1. The minimum Gasteiger partial charge on any atom is -0.453 e. The molecule has 344 valence electrons. The van der Waals surface area contributed by atoms with E-state index in [2.05, 4.69) is 32.3 Å². The Morgan fingerprint density at radius 3 is 2.31 bits per heavy atom. The van der Waals surface area contributed by atoms with E-state index in [1.807, 2.05) is 25.7 Å². The van der Waals surface area contributed by atoms with Gasteiger partial charge in [0.25, 0.3) is 5.91 Å². The zero-order valence-corrected chi connectivity index (χ0v) is 37.5. The van der Waals surface area contributed by atoms with Crippen molar-refractivity contribution in [2.75, 3.05) is 50.1 Å². The van der Waals surface area contributed by atoms with Crippen LogP contribution in [0, 0.1) is 17.3 Å². The number of aromatic nitrogens is 3. The van der Waals surface area contributed by atoms with Crippen molar-refractivity contribution in [1.82, 2.24) is 30.1 Å². The molecule has 0 radical (unpaired) electrons. The van der Waals surface area contributed by atoms with Gasteiger partial charge >= 0.3 is 12.5 Å². The van der Waals surface area contributed by atoms with Crippen LogP contribution in [0.1, 0.15) is 76.6 Å². The molecule has 4 heterocycles. The zero-order chi connectivity index (χ0) is 46.7. The van der Waals surface area contributed by atoms with E-state index in [9.17, 15) is 37.5 Å². The van der Waals surface area contributed by atoms with E-state index in [-0.39, 0.29) is 58.1 Å². The van der Waals surface area contributed by atoms with Crippen molar-refractivity contribution in [3.63, 3.8) is 0 Å². The Balaban J connectivity index is 1.17. The van der Waals surface area contributed by atoms with E-state index in [0.717, 1.165) is 12.5 Å². The summed E-state index contributed by atoms with van der Waals surface area (Å²) in [5.41, 5.74) is 0.643. The number of nitrogens with zero attached hydrogens (tertiary/aromatic N) is 5. The quantitative estimate of drug-likeness (QED) is 0.110. The lowest BCUT2D eigenvalue weighted by Gasteiger charge is -2.42. The first kappa shape index (κ1) is 47.6. The summed E-state index contributed by atoms with van der Waals surface area (Å²) in [6.45, 7) is 12.6. The fourth-order valence-corrected chi connectivity index (χ4v) is 8.19. The number of nitrogens with one attached hydrogen (secondary N) is 3. The molecule has 2 saturated heterocycles. The zero-order valence-electron chi connectivity index (χ0n) is 36.8. The summed E-state index contributed by atoms with van der Waals surface area (Å²) in [6, 6.07) is 10.7. The highest BCUT2D eigenvalue weighted by Crippen LogP contribution is 2.41. The van der Waals surface area contributed by atoms with E-state index < -0.39 is 41.6 Å². The molecule has 2 aromatic heterocycles. The van der Waals surface area contributed by atoms with Crippen LogP contribution in [-0.4, -0.2) is 112 Å². The minimum absolute atomic E-state index is 0.0159. The first-order valence-corrected chi connectivity index (χ1v) is 21.4. The predicted octanol–water partition coefficient (Wildman–Crippen LogP) is 7.68. The maximum atomic E-state index is 13.9. The maximum absolute atomic E-state index is 13.9. The summed E-state index contributed by atoms with van der Waals surface area (Å²) >= 11 is 6.60. The summed E-state index contributed by atoms with van der Waals surface area (Å²) in [5, 5.41) is 14.8. The van der Waals surface area contributed by atoms with Crippen LogP contribution in [0.5, 0.6) is 5.75 Å². The second-order valence-electron chi connectivity index (χ2n) is 17.4. The molecule has 2 aromatic carbocycles. The van der Waals surface area contributed by atoms with Gasteiger partial charge in [0.1, 0.15) is 23.4 Å². The summed E-state index contributed by atoms with van der Waals surface area (Å²) in [6.07, 6.45) is -1.24. The number of halogens is 4. The second-order valence-corrected chi connectivity index (χ2v) is 17.8. The summed E-state index contributed by atoms with van der Waals surface area (Å²) in [4.78, 5) is 70.1. The Labute approximate surface area is 374 Å². The highest BCUT2D eigenvalue weighted by atomic mass is 35.5. The number of methoxy groups -OCH3 is 1. The number of aliphatic hydroxyl groups is 1. The van der Waals surface area contributed by atoms with Gasteiger partial charge in [-0.3, -0.25) is 14.4 Å². The van der Waals surface area contributed by atoms with Gasteiger partial charge in [0.05, 0.1) is 47.1 Å². The number of hydrogen-bond donors (Lipinski definition) is 4. The Morgan fingerprint density at radius 2 is 1.70 bits per heavy atom. The third-order valence-electron chi connectivity index (χ3n) is 11.6. The molecule has 4 amide bonds. The molecule has 0 unspecified atom stereocenters. The average Bonchev–Trinajstić information content (AvgIpc) is 3.75. The number of anilines is 2. The topological polar surface area (TPSA) is 182 Å². The van der Waals surface area contributed by atoms with Gasteiger partial charge in [-0.15, -0.1) is 13.2 Å². The normalized spacial score (nSPS) is 18.7. The summed E-state index contributed by atoms with van der Waals surface area (Å²) in [7, 11) is 1.24. The van der Waals surface area contributed by atoms with Crippen molar-refractivity contribution in [1.29, 1.82) is 0 Å². The number of piperazine rings is 1. The lowest BCUT2D eigenvalue weighted by Crippen LogP contribution is -2.56. The Bertz CT molecular complexity index is 2320. The molecule has 0 aliphatic carbocycles. The lowest BCUT2D eigenvalue weighted by atomic mass is 9.91. The Hall–Kier alpha value is -5.88. The number of hydrogen-bond acceptors (Lipinski definition) is 10. The number of pyridine rings is 1. The molecular weight excluding hydrogens is 857 g/mol. The fraction of sp³-hybridized carbons (Fsp3) is 0.467. The number of benzene rings is 2. The summed E-state index contributed by atoms with van der Waals surface area (Å²) < 4.78 is 50.6. The smallest absolute Gasteiger partial charge is 0.453 e. The third-order valence-corrected chi connectivity index (χ3v) is 11.9. The molecule has 4 N–H and O–H groups in total. The predicted molar refractivity (Wildman–Crippen MR) is 235 cm³/mol. The van der Waals surface area contributed by atoms with Crippen molar-refractivity contribution in [2.45, 2.75) is 78.9 Å². The average molecular weight is 911 g/mol. The van der Waals surface area contributed by atoms with Gasteiger partial charge in [-0.25, -0.2) is 14.8 Å². The number of H-pyrrole nitrogens is 1. The van der Waals surface area contributed by atoms with Crippen LogP contribution in [0.3, 0.4) is 0 Å². The number of rotatable bonds is 12. The Morgan fingerprint density at radius 1 is 1.00 bits per heavy atom. The molecule has 4 aromatic rings. The third kappa shape index (κ3) is 10.9. The number of amides is 4. The van der Waals surface area contributed by atoms with E-state index in [4.69, 9.17) is 21.3 Å². The van der Waals surface area contributed by atoms with Crippen LogP contribution < -0.4 is 20.3 Å². The number of ether oxygens (including phenoxy) is 2. The number of alkyl halides is 3. The van der Waals surface area contributed by atoms with E-state index in [1.54, 1.807) is 60.2 Å². The highest BCUT2D eigenvalue weighted by Gasteiger charge is 2.39. The number of piperidine rings is 1. The van der Waals surface area contributed by atoms with Crippen LogP contribution in [-0.2, 0) is 14.3 Å². The van der Waals surface area contributed by atoms with Crippen LogP contribution in [0.25, 0.3) is 22.4 Å². The molecule has 2 aliphatic heterocycles. The highest BCUT2D eigenvalue weighted by molar-refractivity contribution is 6.34. The molecule has 6 rings (SSSR count). The molecule has 2 fully saturated rings. The van der Waals surface area contributed by atoms with Gasteiger partial charge < -0.3 is 44.9 Å². The number of aromatic amines is 1. The molecule has 15 nitrogen and oxygen atoms in total. The van der Waals surface area contributed by atoms with Gasteiger partial charge in [-0.2, -0.15) is 0 Å². The SMILES string of the molecule is COC(=O)N[C@H](C(=O)N1C[C@@H](C)CC[C@H]1c1nc(-c2ccc(-c3cc(Cl)c(NC(=O)c4ccc(N5CCN(C(=O)C(C)(C)CO)C[C@H]5C)nc4)cc3OC(F)(F)F)cc2)c[nH]1)C(C)C. The molecule has 4 atom stereocenters. The number of likely N-dealkylation sites (tertiary alicyclic amines) is 1. The number of imidazole rings is 1. The van der Waals surface area contributed by atoms with Crippen molar-refractivity contribution >= 4 is 46.9 Å². The van der Waals surface area contributed by atoms with Gasteiger partial charge in [-0.1, -0.05) is 56.6 Å². The number of carbonyl (C=O) groups is 4. The summed E-state index contributed by atoms with van der Waals surface area (Å²) in [5.74, 6) is -0.509. The molecule has 0 spiro atoms.